The first-order valence-electron chi connectivity index (χ1n) is 14.1. The van der Waals surface area contributed by atoms with Crippen LogP contribution in [0.1, 0.15) is 73.5 Å². The number of morpholine rings is 1. The second kappa shape index (κ2) is 11.6. The molecule has 0 radical (unpaired) electrons. The number of benzene rings is 2. The zero-order valence-corrected chi connectivity index (χ0v) is 23.6. The number of primary amides is 1. The number of amides is 2. The summed E-state index contributed by atoms with van der Waals surface area (Å²) in [5.74, 6) is -0.782. The topological polar surface area (TPSA) is 111 Å². The van der Waals surface area contributed by atoms with Crippen molar-refractivity contribution in [3.63, 3.8) is 0 Å². The van der Waals surface area contributed by atoms with E-state index in [4.69, 9.17) is 19.9 Å². The summed E-state index contributed by atoms with van der Waals surface area (Å²) in [5, 5.41) is 0. The maximum Gasteiger partial charge on any atom is 0.329 e. The molecule has 2 amide bonds. The first-order valence-corrected chi connectivity index (χ1v) is 14.1. The van der Waals surface area contributed by atoms with Gasteiger partial charge in [-0.3, -0.25) is 14.5 Å². The summed E-state index contributed by atoms with van der Waals surface area (Å²) in [7, 11) is 0. The lowest BCUT2D eigenvalue weighted by Gasteiger charge is -2.34. The molecule has 2 bridgehead atoms. The summed E-state index contributed by atoms with van der Waals surface area (Å²) in [6.07, 6.45) is 2.48. The van der Waals surface area contributed by atoms with Crippen LogP contribution in [0.15, 0.2) is 42.5 Å². The fourth-order valence-corrected chi connectivity index (χ4v) is 5.85. The van der Waals surface area contributed by atoms with Crippen LogP contribution in [0.25, 0.3) is 0 Å². The Bertz CT molecular complexity index is 1240. The highest BCUT2D eigenvalue weighted by molar-refractivity contribution is 6.01. The zero-order valence-electron chi connectivity index (χ0n) is 23.6. The normalized spacial score (nSPS) is 21.3. The number of carbonyl (C=O) groups is 3. The van der Waals surface area contributed by atoms with Crippen molar-refractivity contribution in [3.8, 4) is 5.75 Å². The highest BCUT2D eigenvalue weighted by atomic mass is 16.6. The van der Waals surface area contributed by atoms with Gasteiger partial charge in [-0.2, -0.15) is 0 Å². The smallest absolute Gasteiger partial charge is 0.329 e. The van der Waals surface area contributed by atoms with Gasteiger partial charge in [0.2, 0.25) is 5.91 Å². The van der Waals surface area contributed by atoms with Gasteiger partial charge < -0.3 is 24.8 Å². The molecular weight excluding hydrogens is 510 g/mol. The van der Waals surface area contributed by atoms with E-state index in [9.17, 15) is 14.4 Å². The average Bonchev–Trinajstić information content (AvgIpc) is 3.32. The minimum atomic E-state index is -0.922. The van der Waals surface area contributed by atoms with Crippen LogP contribution in [-0.4, -0.2) is 64.5 Å². The number of rotatable bonds is 10. The molecule has 0 aliphatic carbocycles. The Kier molecular flexibility index (Phi) is 8.14. The largest absolute Gasteiger partial charge is 0.489 e. The minimum absolute atomic E-state index is 0.0315. The first-order chi connectivity index (χ1) is 19.1. The number of carbonyl (C=O) groups excluding carboxylic acids is 3. The predicted molar refractivity (Wildman–Crippen MR) is 148 cm³/mol. The Hall–Kier alpha value is -3.43. The van der Waals surface area contributed by atoms with Crippen molar-refractivity contribution in [1.29, 1.82) is 0 Å². The van der Waals surface area contributed by atoms with E-state index in [1.54, 1.807) is 32.9 Å². The van der Waals surface area contributed by atoms with E-state index < -0.39 is 23.5 Å². The van der Waals surface area contributed by atoms with Gasteiger partial charge in [-0.15, -0.1) is 0 Å². The van der Waals surface area contributed by atoms with E-state index in [2.05, 4.69) is 29.2 Å². The van der Waals surface area contributed by atoms with Crippen molar-refractivity contribution in [2.45, 2.75) is 89.9 Å². The van der Waals surface area contributed by atoms with Crippen molar-refractivity contribution in [3.05, 3.63) is 64.7 Å². The van der Waals surface area contributed by atoms with E-state index >= 15 is 0 Å². The Balaban J connectivity index is 1.25. The first kappa shape index (κ1) is 28.1. The number of hydrogen-bond acceptors (Lipinski definition) is 7. The van der Waals surface area contributed by atoms with Crippen LogP contribution in [0.4, 0.5) is 0 Å². The van der Waals surface area contributed by atoms with Crippen LogP contribution in [0.5, 0.6) is 5.75 Å². The molecule has 3 unspecified atom stereocenters. The quantitative estimate of drug-likeness (QED) is 0.451. The summed E-state index contributed by atoms with van der Waals surface area (Å²) in [5.41, 5.74) is 8.13. The molecule has 0 saturated carbocycles. The molecule has 9 nitrogen and oxygen atoms in total. The maximum absolute atomic E-state index is 13.4. The van der Waals surface area contributed by atoms with Crippen LogP contribution < -0.4 is 10.5 Å². The number of nitrogens with zero attached hydrogens (tertiary/aromatic N) is 2. The highest BCUT2D eigenvalue weighted by Gasteiger charge is 2.40. The van der Waals surface area contributed by atoms with Gasteiger partial charge >= 0.3 is 5.97 Å². The van der Waals surface area contributed by atoms with Gasteiger partial charge in [-0.05, 0) is 63.3 Å². The summed E-state index contributed by atoms with van der Waals surface area (Å²) in [6.45, 7) is 8.42. The van der Waals surface area contributed by atoms with Crippen molar-refractivity contribution in [1.82, 2.24) is 9.80 Å². The minimum Gasteiger partial charge on any atom is -0.489 e. The van der Waals surface area contributed by atoms with Gasteiger partial charge in [0.05, 0.1) is 19.8 Å². The molecule has 3 atom stereocenters. The Morgan fingerprint density at radius 2 is 1.73 bits per heavy atom. The molecule has 0 spiro atoms. The molecule has 2 aromatic carbocycles. The lowest BCUT2D eigenvalue weighted by molar-refractivity contribution is -0.160. The Morgan fingerprint density at radius 3 is 2.38 bits per heavy atom. The summed E-state index contributed by atoms with van der Waals surface area (Å²) < 4.78 is 17.5. The van der Waals surface area contributed by atoms with Crippen LogP contribution >= 0.6 is 0 Å². The van der Waals surface area contributed by atoms with Gasteiger partial charge in [0, 0.05) is 36.2 Å². The average molecular weight is 550 g/mol. The van der Waals surface area contributed by atoms with Crippen LogP contribution in [0, 0.1) is 0 Å². The van der Waals surface area contributed by atoms with Gasteiger partial charge in [0.15, 0.2) is 0 Å². The SMILES string of the molecule is CC(C)(C)OC(=O)C(CCC(N)=O)N1Cc2c(OCc3ccc(CN4C5CCC4COC5)cc3)cccc2C1=O. The number of nitrogens with two attached hydrogens (primary N) is 1. The lowest BCUT2D eigenvalue weighted by atomic mass is 10.1. The molecule has 2 N–H and O–H groups in total. The molecule has 5 rings (SSSR count). The third kappa shape index (κ3) is 6.31. The van der Waals surface area contributed by atoms with E-state index in [-0.39, 0.29) is 25.3 Å². The molecular formula is C31H39N3O6. The summed E-state index contributed by atoms with van der Waals surface area (Å²) in [6, 6.07) is 13.9. The van der Waals surface area contributed by atoms with E-state index in [1.807, 2.05) is 6.07 Å². The van der Waals surface area contributed by atoms with E-state index in [0.29, 0.717) is 30.0 Å². The zero-order chi connectivity index (χ0) is 28.4. The standard InChI is InChI=1S/C31H39N3O6/c1-31(2,3)40-30(37)26(13-14-28(32)35)34-16-25-24(29(34)36)5-4-6-27(25)39-17-21-9-7-20(8-10-21)15-33-22-11-12-23(33)19-38-18-22/h4-10,22-23,26H,11-19H2,1-3H3,(H2,32,35). The van der Waals surface area contributed by atoms with E-state index in [1.165, 1.54) is 23.3 Å². The molecule has 0 aromatic heterocycles. The van der Waals surface area contributed by atoms with Gasteiger partial charge in [-0.25, -0.2) is 4.79 Å². The van der Waals surface area contributed by atoms with Crippen molar-refractivity contribution < 1.29 is 28.6 Å². The van der Waals surface area contributed by atoms with Gasteiger partial charge in [0.1, 0.15) is 24.0 Å². The molecule has 2 fully saturated rings. The summed E-state index contributed by atoms with van der Waals surface area (Å²) >= 11 is 0. The van der Waals surface area contributed by atoms with Crippen molar-refractivity contribution >= 4 is 17.8 Å². The molecule has 2 aromatic rings. The van der Waals surface area contributed by atoms with Gasteiger partial charge in [-0.1, -0.05) is 30.3 Å². The molecule has 40 heavy (non-hydrogen) atoms. The van der Waals surface area contributed by atoms with Crippen molar-refractivity contribution in [2.24, 2.45) is 5.73 Å². The maximum atomic E-state index is 13.4. The molecule has 3 heterocycles. The Labute approximate surface area is 235 Å². The number of fused-ring (bicyclic) bond motifs is 3. The Morgan fingerprint density at radius 1 is 1.05 bits per heavy atom. The molecule has 214 valence electrons. The van der Waals surface area contributed by atoms with E-state index in [0.717, 1.165) is 30.9 Å². The molecule has 2 saturated heterocycles. The second-order valence-electron chi connectivity index (χ2n) is 12.0. The molecule has 9 heteroatoms. The third-order valence-electron chi connectivity index (χ3n) is 7.85. The third-order valence-corrected chi connectivity index (χ3v) is 7.85. The fourth-order valence-electron chi connectivity index (χ4n) is 5.85. The summed E-state index contributed by atoms with van der Waals surface area (Å²) in [4.78, 5) is 41.9. The number of esters is 1. The molecule has 3 aliphatic rings. The fraction of sp³-hybridized carbons (Fsp3) is 0.516. The monoisotopic (exact) mass is 549 g/mol. The van der Waals surface area contributed by atoms with Crippen molar-refractivity contribution in [2.75, 3.05) is 13.2 Å². The lowest BCUT2D eigenvalue weighted by Crippen LogP contribution is -2.45. The highest BCUT2D eigenvalue weighted by Crippen LogP contribution is 2.34. The number of ether oxygens (including phenoxy) is 3. The van der Waals surface area contributed by atoms with Crippen LogP contribution in [0.3, 0.4) is 0 Å². The predicted octanol–water partition coefficient (Wildman–Crippen LogP) is 3.56. The van der Waals surface area contributed by atoms with Crippen LogP contribution in [0.2, 0.25) is 0 Å². The number of hydrogen-bond donors (Lipinski definition) is 1. The van der Waals surface area contributed by atoms with Crippen LogP contribution in [-0.2, 0) is 38.8 Å². The molecule has 3 aliphatic heterocycles. The second-order valence-corrected chi connectivity index (χ2v) is 12.0. The van der Waals surface area contributed by atoms with Gasteiger partial charge in [0.25, 0.3) is 5.91 Å².